The maximum Gasteiger partial charge on any atom is 0.142 e. The number of methoxy groups -OCH3 is 1. The van der Waals surface area contributed by atoms with Gasteiger partial charge in [0.25, 0.3) is 0 Å². The normalized spacial score (nSPS) is 12.8. The first-order valence-corrected chi connectivity index (χ1v) is 6.33. The lowest BCUT2D eigenvalue weighted by atomic mass is 10.3. The molecule has 0 amide bonds. The quantitative estimate of drug-likeness (QED) is 0.781. The summed E-state index contributed by atoms with van der Waals surface area (Å²) < 4.78 is 17.0. The Morgan fingerprint density at radius 1 is 1.44 bits per heavy atom. The average molecular weight is 242 g/mol. The minimum absolute atomic E-state index is 0.566. The van der Waals surface area contributed by atoms with Gasteiger partial charge in [-0.1, -0.05) is 0 Å². The molecule has 0 saturated heterocycles. The highest BCUT2D eigenvalue weighted by atomic mass is 32.2. The van der Waals surface area contributed by atoms with Crippen LogP contribution in [-0.2, 0) is 10.8 Å². The van der Waals surface area contributed by atoms with Crippen LogP contribution in [0.3, 0.4) is 0 Å². The van der Waals surface area contributed by atoms with E-state index in [2.05, 4.69) is 0 Å². The van der Waals surface area contributed by atoms with Gasteiger partial charge in [0.15, 0.2) is 0 Å². The molecule has 1 aromatic carbocycles. The van der Waals surface area contributed by atoms with Crippen molar-refractivity contribution in [2.75, 3.05) is 39.2 Å². The summed E-state index contributed by atoms with van der Waals surface area (Å²) in [5, 5.41) is 0. The fourth-order valence-corrected chi connectivity index (χ4v) is 2.44. The number of nitrogen functional groups attached to an aromatic ring is 1. The standard InChI is InChI=1S/C11H18N2O2S/c1-13(2)6-7-16(14)9-4-5-10(12)11(8-9)15-3/h4-5,8H,6-7,12H2,1-3H3. The third kappa shape index (κ3) is 3.50. The molecule has 0 saturated carbocycles. The van der Waals surface area contributed by atoms with Gasteiger partial charge in [-0.15, -0.1) is 0 Å². The summed E-state index contributed by atoms with van der Waals surface area (Å²) in [6.07, 6.45) is 0. The van der Waals surface area contributed by atoms with Gasteiger partial charge in [0.2, 0.25) is 0 Å². The Kier molecular flexibility index (Phi) is 4.76. The van der Waals surface area contributed by atoms with Gasteiger partial charge in [-0.05, 0) is 32.3 Å². The molecule has 1 rings (SSSR count). The molecule has 0 aliphatic carbocycles. The molecule has 2 N–H and O–H groups in total. The zero-order valence-electron chi connectivity index (χ0n) is 9.90. The molecular formula is C11H18N2O2S. The first kappa shape index (κ1) is 13.0. The Morgan fingerprint density at radius 3 is 2.69 bits per heavy atom. The number of rotatable bonds is 5. The van der Waals surface area contributed by atoms with Crippen LogP contribution in [0.4, 0.5) is 5.69 Å². The van der Waals surface area contributed by atoms with Crippen LogP contribution in [0.2, 0.25) is 0 Å². The number of benzene rings is 1. The summed E-state index contributed by atoms with van der Waals surface area (Å²) in [5.74, 6) is 1.19. The van der Waals surface area contributed by atoms with Gasteiger partial charge in [-0.25, -0.2) is 0 Å². The zero-order chi connectivity index (χ0) is 12.1. The SMILES string of the molecule is COc1cc(S(=O)CCN(C)C)ccc1N. The van der Waals surface area contributed by atoms with E-state index in [1.165, 1.54) is 0 Å². The summed E-state index contributed by atoms with van der Waals surface area (Å²) >= 11 is 0. The molecule has 1 aromatic rings. The maximum absolute atomic E-state index is 11.9. The fraction of sp³-hybridized carbons (Fsp3) is 0.455. The van der Waals surface area contributed by atoms with Crippen LogP contribution >= 0.6 is 0 Å². The molecule has 0 aliphatic heterocycles. The van der Waals surface area contributed by atoms with Crippen LogP contribution < -0.4 is 10.5 Å². The van der Waals surface area contributed by atoms with Crippen molar-refractivity contribution < 1.29 is 8.95 Å². The molecule has 0 spiro atoms. The third-order valence-electron chi connectivity index (χ3n) is 2.19. The molecule has 0 aromatic heterocycles. The summed E-state index contributed by atoms with van der Waals surface area (Å²) in [6, 6.07) is 5.24. The van der Waals surface area contributed by atoms with E-state index in [0.29, 0.717) is 17.2 Å². The van der Waals surface area contributed by atoms with Gasteiger partial charge in [0.1, 0.15) is 5.75 Å². The van der Waals surface area contributed by atoms with E-state index in [9.17, 15) is 4.21 Å². The lowest BCUT2D eigenvalue weighted by Crippen LogP contribution is -2.19. The van der Waals surface area contributed by atoms with Crippen molar-refractivity contribution >= 4 is 16.5 Å². The average Bonchev–Trinajstić information content (AvgIpc) is 2.26. The Hall–Kier alpha value is -1.07. The second-order valence-electron chi connectivity index (χ2n) is 3.76. The van der Waals surface area contributed by atoms with E-state index in [1.54, 1.807) is 25.3 Å². The number of nitrogens with two attached hydrogens (primary N) is 1. The molecule has 0 bridgehead atoms. The summed E-state index contributed by atoms with van der Waals surface area (Å²) in [7, 11) is 4.47. The number of hydrogen-bond acceptors (Lipinski definition) is 4. The molecular weight excluding hydrogens is 224 g/mol. The molecule has 0 radical (unpaired) electrons. The van der Waals surface area contributed by atoms with Gasteiger partial charge in [-0.3, -0.25) is 4.21 Å². The van der Waals surface area contributed by atoms with Gasteiger partial charge in [0.05, 0.1) is 23.6 Å². The highest BCUT2D eigenvalue weighted by Gasteiger charge is 2.07. The van der Waals surface area contributed by atoms with Crippen LogP contribution in [0, 0.1) is 0 Å². The van der Waals surface area contributed by atoms with Crippen molar-refractivity contribution in [3.05, 3.63) is 18.2 Å². The molecule has 0 fully saturated rings. The second-order valence-corrected chi connectivity index (χ2v) is 5.33. The summed E-state index contributed by atoms with van der Waals surface area (Å²) in [6.45, 7) is 0.791. The monoisotopic (exact) mass is 242 g/mol. The maximum atomic E-state index is 11.9. The molecule has 0 aliphatic rings. The molecule has 90 valence electrons. The van der Waals surface area contributed by atoms with Gasteiger partial charge >= 0.3 is 0 Å². The highest BCUT2D eigenvalue weighted by Crippen LogP contribution is 2.23. The van der Waals surface area contributed by atoms with Crippen molar-refractivity contribution in [2.45, 2.75) is 4.90 Å². The number of ether oxygens (including phenoxy) is 1. The number of anilines is 1. The van der Waals surface area contributed by atoms with Crippen molar-refractivity contribution in [1.82, 2.24) is 4.90 Å². The van der Waals surface area contributed by atoms with Crippen molar-refractivity contribution in [3.8, 4) is 5.75 Å². The summed E-state index contributed by atoms with van der Waals surface area (Å²) in [5.41, 5.74) is 6.26. The molecule has 16 heavy (non-hydrogen) atoms. The summed E-state index contributed by atoms with van der Waals surface area (Å²) in [4.78, 5) is 2.76. The van der Waals surface area contributed by atoms with Gasteiger partial charge < -0.3 is 15.4 Å². The Labute approximate surface area is 98.8 Å². The predicted molar refractivity (Wildman–Crippen MR) is 67.2 cm³/mol. The molecule has 1 unspecified atom stereocenters. The lowest BCUT2D eigenvalue weighted by Gasteiger charge is -2.10. The van der Waals surface area contributed by atoms with E-state index in [0.717, 1.165) is 11.4 Å². The van der Waals surface area contributed by atoms with E-state index in [-0.39, 0.29) is 0 Å². The lowest BCUT2D eigenvalue weighted by molar-refractivity contribution is 0.415. The fourth-order valence-electron chi connectivity index (χ4n) is 1.22. The number of hydrogen-bond donors (Lipinski definition) is 1. The minimum atomic E-state index is -1.00. The predicted octanol–water partition coefficient (Wildman–Crippen LogP) is 0.947. The van der Waals surface area contributed by atoms with Crippen LogP contribution in [0.25, 0.3) is 0 Å². The largest absolute Gasteiger partial charge is 0.495 e. The Bertz CT molecular complexity index is 380. The Balaban J connectivity index is 2.76. The molecule has 4 nitrogen and oxygen atoms in total. The third-order valence-corrected chi connectivity index (χ3v) is 3.52. The second kappa shape index (κ2) is 5.86. The van der Waals surface area contributed by atoms with Crippen LogP contribution in [0.1, 0.15) is 0 Å². The van der Waals surface area contributed by atoms with E-state index in [1.807, 2.05) is 19.0 Å². The number of nitrogens with zero attached hydrogens (tertiary/aromatic N) is 1. The molecule has 0 heterocycles. The molecule has 1 atom stereocenters. The van der Waals surface area contributed by atoms with Gasteiger partial charge in [-0.2, -0.15) is 0 Å². The topological polar surface area (TPSA) is 55.6 Å². The highest BCUT2D eigenvalue weighted by molar-refractivity contribution is 7.85. The first-order chi connectivity index (χ1) is 7.54. The van der Waals surface area contributed by atoms with Crippen molar-refractivity contribution in [3.63, 3.8) is 0 Å². The van der Waals surface area contributed by atoms with Crippen molar-refractivity contribution in [1.29, 1.82) is 0 Å². The van der Waals surface area contributed by atoms with E-state index >= 15 is 0 Å². The van der Waals surface area contributed by atoms with Crippen LogP contribution in [0.5, 0.6) is 5.75 Å². The molecule has 5 heteroatoms. The first-order valence-electron chi connectivity index (χ1n) is 5.01. The Morgan fingerprint density at radius 2 is 2.12 bits per heavy atom. The van der Waals surface area contributed by atoms with E-state index < -0.39 is 10.8 Å². The van der Waals surface area contributed by atoms with Gasteiger partial charge in [0, 0.05) is 17.2 Å². The van der Waals surface area contributed by atoms with E-state index in [4.69, 9.17) is 10.5 Å². The minimum Gasteiger partial charge on any atom is -0.495 e. The van der Waals surface area contributed by atoms with Crippen LogP contribution in [-0.4, -0.2) is 42.6 Å². The zero-order valence-corrected chi connectivity index (χ0v) is 10.7. The smallest absolute Gasteiger partial charge is 0.142 e. The van der Waals surface area contributed by atoms with Crippen LogP contribution in [0.15, 0.2) is 23.1 Å². The van der Waals surface area contributed by atoms with Crippen molar-refractivity contribution in [2.24, 2.45) is 0 Å².